The molecule has 3 nitrogen and oxygen atoms in total. The summed E-state index contributed by atoms with van der Waals surface area (Å²) in [5, 5.41) is 14.0. The van der Waals surface area contributed by atoms with Gasteiger partial charge in [-0.15, -0.1) is 0 Å². The number of aliphatic hydroxyl groups is 1. The highest BCUT2D eigenvalue weighted by atomic mass is 16.3. The first kappa shape index (κ1) is 11.6. The van der Waals surface area contributed by atoms with Gasteiger partial charge < -0.3 is 10.4 Å². The van der Waals surface area contributed by atoms with Crippen LogP contribution in [0, 0.1) is 6.92 Å². The first-order valence-corrected chi connectivity index (χ1v) is 5.55. The number of carbonyl (C=O) groups is 1. The summed E-state index contributed by atoms with van der Waals surface area (Å²) in [6, 6.07) is 11.8. The Morgan fingerprint density at radius 1 is 1.18 bits per heavy atom. The van der Waals surface area contributed by atoms with Gasteiger partial charge in [0.1, 0.15) is 6.10 Å². The van der Waals surface area contributed by atoms with Gasteiger partial charge in [0, 0.05) is 5.69 Å². The van der Waals surface area contributed by atoms with E-state index >= 15 is 0 Å². The lowest BCUT2D eigenvalue weighted by Crippen LogP contribution is -2.24. The van der Waals surface area contributed by atoms with Gasteiger partial charge in [0.2, 0.25) is 0 Å². The summed E-state index contributed by atoms with van der Waals surface area (Å²) in [6.07, 6.45) is -0.997. The number of fused-ring (bicyclic) bond motifs is 1. The molecule has 88 valence electrons. The first-order valence-electron chi connectivity index (χ1n) is 5.55. The molecule has 0 aliphatic rings. The van der Waals surface area contributed by atoms with Crippen molar-refractivity contribution in [3.63, 3.8) is 0 Å². The number of aryl methyl sites for hydroxylation is 1. The van der Waals surface area contributed by atoms with Crippen molar-refractivity contribution >= 4 is 22.4 Å². The summed E-state index contributed by atoms with van der Waals surface area (Å²) in [5.74, 6) is -0.392. The lowest BCUT2D eigenvalue weighted by Gasteiger charge is -2.08. The Balaban J connectivity index is 2.32. The third-order valence-corrected chi connectivity index (χ3v) is 2.64. The molecule has 0 radical (unpaired) electrons. The molecule has 0 saturated carbocycles. The summed E-state index contributed by atoms with van der Waals surface area (Å²) in [6.45, 7) is 3.49. The van der Waals surface area contributed by atoms with Crippen LogP contribution in [-0.2, 0) is 4.79 Å². The van der Waals surface area contributed by atoms with Gasteiger partial charge in [0.15, 0.2) is 0 Å². The van der Waals surface area contributed by atoms with Crippen LogP contribution >= 0.6 is 0 Å². The van der Waals surface area contributed by atoms with Crippen LogP contribution < -0.4 is 5.32 Å². The van der Waals surface area contributed by atoms with Crippen LogP contribution in [0.25, 0.3) is 10.8 Å². The van der Waals surface area contributed by atoms with E-state index in [9.17, 15) is 4.79 Å². The number of anilines is 1. The Kier molecular flexibility index (Phi) is 3.11. The maximum absolute atomic E-state index is 11.3. The number of benzene rings is 2. The smallest absolute Gasteiger partial charge is 0.252 e. The predicted octanol–water partition coefficient (Wildman–Crippen LogP) is 2.47. The van der Waals surface area contributed by atoms with Crippen LogP contribution in [0.4, 0.5) is 5.69 Å². The molecule has 3 heteroatoms. The second kappa shape index (κ2) is 4.55. The van der Waals surface area contributed by atoms with Crippen LogP contribution in [0.1, 0.15) is 12.5 Å². The fourth-order valence-electron chi connectivity index (χ4n) is 1.69. The van der Waals surface area contributed by atoms with Crippen molar-refractivity contribution in [2.45, 2.75) is 20.0 Å². The molecule has 0 aliphatic heterocycles. The highest BCUT2D eigenvalue weighted by molar-refractivity contribution is 5.96. The van der Waals surface area contributed by atoms with Crippen molar-refractivity contribution in [2.24, 2.45) is 0 Å². The number of carbonyl (C=O) groups excluding carboxylic acids is 1. The number of nitrogens with one attached hydrogen (secondary N) is 1. The number of hydrogen-bond donors (Lipinski definition) is 2. The zero-order valence-electron chi connectivity index (χ0n) is 9.90. The van der Waals surface area contributed by atoms with Gasteiger partial charge >= 0.3 is 0 Å². The van der Waals surface area contributed by atoms with Crippen molar-refractivity contribution in [3.8, 4) is 0 Å². The topological polar surface area (TPSA) is 49.3 Å². The molecule has 1 unspecified atom stereocenters. The predicted molar refractivity (Wildman–Crippen MR) is 69.0 cm³/mol. The third kappa shape index (κ3) is 2.63. The van der Waals surface area contributed by atoms with E-state index in [-0.39, 0.29) is 0 Å². The average Bonchev–Trinajstić information content (AvgIpc) is 2.29. The van der Waals surface area contributed by atoms with Crippen LogP contribution in [0.15, 0.2) is 36.4 Å². The molecule has 0 heterocycles. The van der Waals surface area contributed by atoms with E-state index < -0.39 is 12.0 Å². The molecule has 0 bridgehead atoms. The molecule has 0 fully saturated rings. The second-order valence-electron chi connectivity index (χ2n) is 4.23. The highest BCUT2D eigenvalue weighted by Gasteiger charge is 2.08. The number of amides is 1. The normalized spacial score (nSPS) is 12.4. The van der Waals surface area contributed by atoms with Crippen LogP contribution in [0.5, 0.6) is 0 Å². The van der Waals surface area contributed by atoms with E-state index in [0.29, 0.717) is 5.69 Å². The molecular weight excluding hydrogens is 214 g/mol. The zero-order chi connectivity index (χ0) is 12.4. The molecular formula is C14H15NO2. The fourth-order valence-corrected chi connectivity index (χ4v) is 1.69. The van der Waals surface area contributed by atoms with Crippen LogP contribution in [-0.4, -0.2) is 17.1 Å². The number of rotatable bonds is 2. The maximum atomic E-state index is 11.3. The van der Waals surface area contributed by atoms with E-state index in [2.05, 4.69) is 11.4 Å². The highest BCUT2D eigenvalue weighted by Crippen LogP contribution is 2.20. The van der Waals surface area contributed by atoms with E-state index in [4.69, 9.17) is 5.11 Å². The third-order valence-electron chi connectivity index (χ3n) is 2.64. The van der Waals surface area contributed by atoms with Gasteiger partial charge in [0.05, 0.1) is 0 Å². The van der Waals surface area contributed by atoms with Gasteiger partial charge in [-0.3, -0.25) is 4.79 Å². The minimum atomic E-state index is -0.997. The summed E-state index contributed by atoms with van der Waals surface area (Å²) in [7, 11) is 0. The van der Waals surface area contributed by atoms with Gasteiger partial charge in [-0.05, 0) is 36.8 Å². The minimum Gasteiger partial charge on any atom is -0.384 e. The fraction of sp³-hybridized carbons (Fsp3) is 0.214. The van der Waals surface area contributed by atoms with Gasteiger partial charge in [-0.2, -0.15) is 0 Å². The monoisotopic (exact) mass is 229 g/mol. The molecule has 1 amide bonds. The van der Waals surface area contributed by atoms with Crippen LogP contribution in [0.3, 0.4) is 0 Å². The minimum absolute atomic E-state index is 0.392. The first-order chi connectivity index (χ1) is 8.06. The zero-order valence-corrected chi connectivity index (χ0v) is 9.90. The SMILES string of the molecule is Cc1ccc2cc(NC(=O)C(C)O)ccc2c1. The number of aliphatic hydroxyl groups excluding tert-OH is 1. The summed E-state index contributed by atoms with van der Waals surface area (Å²) >= 11 is 0. The lowest BCUT2D eigenvalue weighted by molar-refractivity contribution is -0.123. The molecule has 0 aromatic heterocycles. The molecule has 0 aliphatic carbocycles. The molecule has 0 saturated heterocycles. The van der Waals surface area contributed by atoms with Crippen molar-refractivity contribution in [1.29, 1.82) is 0 Å². The van der Waals surface area contributed by atoms with E-state index in [1.807, 2.05) is 37.3 Å². The van der Waals surface area contributed by atoms with Gasteiger partial charge in [0.25, 0.3) is 5.91 Å². The molecule has 0 spiro atoms. The van der Waals surface area contributed by atoms with Gasteiger partial charge in [-0.1, -0.05) is 29.8 Å². The van der Waals surface area contributed by atoms with Crippen molar-refractivity contribution in [2.75, 3.05) is 5.32 Å². The van der Waals surface area contributed by atoms with E-state index in [0.717, 1.165) is 10.8 Å². The summed E-state index contributed by atoms with van der Waals surface area (Å²) in [4.78, 5) is 11.3. The average molecular weight is 229 g/mol. The number of hydrogen-bond acceptors (Lipinski definition) is 2. The molecule has 2 aromatic carbocycles. The standard InChI is InChI=1S/C14H15NO2/c1-9-3-4-12-8-13(6-5-11(12)7-9)15-14(17)10(2)16/h3-8,10,16H,1-2H3,(H,15,17). The molecule has 2 N–H and O–H groups in total. The molecule has 2 aromatic rings. The summed E-state index contributed by atoms with van der Waals surface area (Å²) in [5.41, 5.74) is 1.91. The molecule has 17 heavy (non-hydrogen) atoms. The Morgan fingerprint density at radius 2 is 1.82 bits per heavy atom. The van der Waals surface area contributed by atoms with Crippen LogP contribution in [0.2, 0.25) is 0 Å². The van der Waals surface area contributed by atoms with Gasteiger partial charge in [-0.25, -0.2) is 0 Å². The van der Waals surface area contributed by atoms with Crippen molar-refractivity contribution in [1.82, 2.24) is 0 Å². The lowest BCUT2D eigenvalue weighted by atomic mass is 10.1. The Morgan fingerprint density at radius 3 is 2.53 bits per heavy atom. The quantitative estimate of drug-likeness (QED) is 0.831. The molecule has 1 atom stereocenters. The Bertz CT molecular complexity index is 561. The maximum Gasteiger partial charge on any atom is 0.252 e. The van der Waals surface area contributed by atoms with E-state index in [1.54, 1.807) is 0 Å². The Labute approximate surface area is 100 Å². The molecule has 2 rings (SSSR count). The van der Waals surface area contributed by atoms with Crippen molar-refractivity contribution < 1.29 is 9.90 Å². The second-order valence-corrected chi connectivity index (χ2v) is 4.23. The van der Waals surface area contributed by atoms with Crippen molar-refractivity contribution in [3.05, 3.63) is 42.0 Å². The van der Waals surface area contributed by atoms with E-state index in [1.165, 1.54) is 12.5 Å². The largest absolute Gasteiger partial charge is 0.384 e. The Hall–Kier alpha value is -1.87. The summed E-state index contributed by atoms with van der Waals surface area (Å²) < 4.78 is 0.